The van der Waals surface area contributed by atoms with E-state index in [4.69, 9.17) is 0 Å². The van der Waals surface area contributed by atoms with Gasteiger partial charge in [-0.2, -0.15) is 0 Å². The summed E-state index contributed by atoms with van der Waals surface area (Å²) >= 11 is 0. The summed E-state index contributed by atoms with van der Waals surface area (Å²) < 4.78 is 1.53. The third-order valence-electron chi connectivity index (χ3n) is 6.30. The topological polar surface area (TPSA) is 78.3 Å². The molecule has 3 aromatic rings. The fourth-order valence-corrected chi connectivity index (χ4v) is 4.76. The smallest absolute Gasteiger partial charge is 0.260 e. The van der Waals surface area contributed by atoms with E-state index >= 15 is 0 Å². The first-order valence-corrected chi connectivity index (χ1v) is 9.17. The number of carbonyl (C=O) groups excluding carboxylic acids is 1. The number of phenolic OH excluding ortho intramolecular Hbond substituents is 1. The number of hydrogen-bond donors (Lipinski definition) is 2. The van der Waals surface area contributed by atoms with E-state index in [9.17, 15) is 14.7 Å². The van der Waals surface area contributed by atoms with Crippen LogP contribution in [0, 0.1) is 12.8 Å². The highest BCUT2D eigenvalue weighted by molar-refractivity contribution is 6.07. The van der Waals surface area contributed by atoms with E-state index in [0.29, 0.717) is 30.0 Å². The molecule has 2 fully saturated rings. The van der Waals surface area contributed by atoms with Gasteiger partial charge in [-0.25, -0.2) is 0 Å². The van der Waals surface area contributed by atoms with Crippen molar-refractivity contribution in [3.63, 3.8) is 0 Å². The molecule has 1 aliphatic heterocycles. The molecule has 1 saturated heterocycles. The highest BCUT2D eigenvalue weighted by Crippen LogP contribution is 2.59. The van der Waals surface area contributed by atoms with Crippen molar-refractivity contribution in [1.82, 2.24) is 14.5 Å². The normalized spacial score (nSPS) is 23.6. The van der Waals surface area contributed by atoms with Crippen molar-refractivity contribution in [2.24, 2.45) is 13.0 Å². The van der Waals surface area contributed by atoms with Crippen LogP contribution in [0.2, 0.25) is 0 Å². The van der Waals surface area contributed by atoms with Gasteiger partial charge in [0.25, 0.3) is 11.5 Å². The third-order valence-corrected chi connectivity index (χ3v) is 6.30. The molecule has 138 valence electrons. The molecule has 1 aliphatic carbocycles. The van der Waals surface area contributed by atoms with Crippen LogP contribution in [0.25, 0.3) is 10.9 Å². The van der Waals surface area contributed by atoms with Gasteiger partial charge in [-0.05, 0) is 42.5 Å². The van der Waals surface area contributed by atoms with Gasteiger partial charge >= 0.3 is 0 Å². The second-order valence-corrected chi connectivity index (χ2v) is 7.97. The van der Waals surface area contributed by atoms with Gasteiger partial charge in [0.15, 0.2) is 0 Å². The molecule has 27 heavy (non-hydrogen) atoms. The van der Waals surface area contributed by atoms with Crippen molar-refractivity contribution in [3.8, 4) is 5.75 Å². The minimum atomic E-state index is -0.155. The number of nitrogens with zero attached hydrogens (tertiary/aromatic N) is 2. The van der Waals surface area contributed by atoms with Gasteiger partial charge in [-0.1, -0.05) is 12.1 Å². The van der Waals surface area contributed by atoms with Crippen LogP contribution in [0.5, 0.6) is 5.75 Å². The predicted molar refractivity (Wildman–Crippen MR) is 102 cm³/mol. The SMILES string of the molecule is Cc1cn(C)c(=O)c2c(C(=O)N3CC4CC4(c4ccc(O)cc4)C3)c[nH]c12. The molecule has 0 radical (unpaired) electrons. The first kappa shape index (κ1) is 16.2. The van der Waals surface area contributed by atoms with Crippen LogP contribution >= 0.6 is 0 Å². The van der Waals surface area contributed by atoms with Crippen molar-refractivity contribution >= 4 is 16.8 Å². The summed E-state index contributed by atoms with van der Waals surface area (Å²) in [5, 5.41) is 10.0. The average molecular weight is 363 g/mol. The van der Waals surface area contributed by atoms with E-state index < -0.39 is 0 Å². The number of rotatable bonds is 2. The molecule has 1 saturated carbocycles. The average Bonchev–Trinajstić information content (AvgIpc) is 3.02. The number of aromatic amines is 1. The standard InChI is InChI=1S/C21H21N3O3/c1-12-9-23(2)20(27)17-16(8-22-18(12)17)19(26)24-10-14-7-21(14,11-24)13-3-5-15(25)6-4-13/h3-6,8-9,14,22,25H,7,10-11H2,1-2H3. The van der Waals surface area contributed by atoms with Crippen LogP contribution < -0.4 is 5.56 Å². The molecule has 2 atom stereocenters. The highest BCUT2D eigenvalue weighted by atomic mass is 16.3. The molecule has 6 nitrogen and oxygen atoms in total. The number of aromatic nitrogens is 2. The first-order chi connectivity index (χ1) is 12.9. The molecular weight excluding hydrogens is 342 g/mol. The Hall–Kier alpha value is -3.02. The van der Waals surface area contributed by atoms with E-state index in [2.05, 4.69) is 4.98 Å². The van der Waals surface area contributed by atoms with E-state index in [0.717, 1.165) is 17.5 Å². The number of hydrogen-bond acceptors (Lipinski definition) is 3. The van der Waals surface area contributed by atoms with Gasteiger partial charge < -0.3 is 19.6 Å². The number of benzene rings is 1. The Morgan fingerprint density at radius 2 is 2.04 bits per heavy atom. The Labute approximate surface area is 156 Å². The number of aryl methyl sites for hydroxylation is 2. The van der Waals surface area contributed by atoms with Gasteiger partial charge in [0.05, 0.1) is 16.5 Å². The lowest BCUT2D eigenvalue weighted by molar-refractivity contribution is 0.0774. The molecule has 0 spiro atoms. The van der Waals surface area contributed by atoms with Gasteiger partial charge in [0, 0.05) is 37.9 Å². The van der Waals surface area contributed by atoms with Crippen LogP contribution in [-0.4, -0.2) is 38.6 Å². The second-order valence-electron chi connectivity index (χ2n) is 7.97. The van der Waals surface area contributed by atoms with Crippen molar-refractivity contribution in [2.75, 3.05) is 13.1 Å². The third kappa shape index (κ3) is 2.19. The summed E-state index contributed by atoms with van der Waals surface area (Å²) in [6.07, 6.45) is 4.51. The van der Waals surface area contributed by atoms with Crippen molar-refractivity contribution in [1.29, 1.82) is 0 Å². The molecule has 2 aromatic heterocycles. The minimum absolute atomic E-state index is 0.00362. The summed E-state index contributed by atoms with van der Waals surface area (Å²) in [5.74, 6) is 0.610. The van der Waals surface area contributed by atoms with Crippen molar-refractivity contribution in [2.45, 2.75) is 18.8 Å². The fourth-order valence-electron chi connectivity index (χ4n) is 4.76. The minimum Gasteiger partial charge on any atom is -0.508 e. The highest BCUT2D eigenvalue weighted by Gasteiger charge is 2.61. The lowest BCUT2D eigenvalue weighted by Gasteiger charge is -2.21. The molecule has 3 heterocycles. The monoisotopic (exact) mass is 363 g/mol. The van der Waals surface area contributed by atoms with Crippen LogP contribution in [0.4, 0.5) is 0 Å². The summed E-state index contributed by atoms with van der Waals surface area (Å²) in [6, 6.07) is 7.31. The number of piperidine rings is 1. The van der Waals surface area contributed by atoms with Crippen molar-refractivity contribution < 1.29 is 9.90 Å². The molecule has 2 aliphatic rings. The van der Waals surface area contributed by atoms with Gasteiger partial charge in [-0.15, -0.1) is 0 Å². The van der Waals surface area contributed by atoms with Gasteiger partial charge in [0.1, 0.15) is 5.75 Å². The predicted octanol–water partition coefficient (Wildman–Crippen LogP) is 2.29. The summed E-state index contributed by atoms with van der Waals surface area (Å²) in [5.41, 5.74) is 3.15. The molecule has 5 rings (SSSR count). The molecule has 1 amide bonds. The number of pyridine rings is 1. The van der Waals surface area contributed by atoms with Crippen LogP contribution in [0.1, 0.15) is 27.9 Å². The Kier molecular flexibility index (Phi) is 3.15. The maximum absolute atomic E-state index is 13.2. The van der Waals surface area contributed by atoms with E-state index in [1.807, 2.05) is 24.0 Å². The second kappa shape index (κ2) is 5.25. The Morgan fingerprint density at radius 1 is 1.30 bits per heavy atom. The zero-order valence-corrected chi connectivity index (χ0v) is 15.3. The molecule has 2 unspecified atom stereocenters. The van der Waals surface area contributed by atoms with E-state index in [1.165, 1.54) is 10.1 Å². The Morgan fingerprint density at radius 3 is 2.78 bits per heavy atom. The van der Waals surface area contributed by atoms with Crippen LogP contribution in [0.3, 0.4) is 0 Å². The number of amides is 1. The molecule has 1 aromatic carbocycles. The maximum Gasteiger partial charge on any atom is 0.260 e. The maximum atomic E-state index is 13.2. The number of nitrogens with one attached hydrogen (secondary N) is 1. The first-order valence-electron chi connectivity index (χ1n) is 9.17. The fraction of sp³-hybridized carbons (Fsp3) is 0.333. The van der Waals surface area contributed by atoms with Gasteiger partial charge in [-0.3, -0.25) is 9.59 Å². The quantitative estimate of drug-likeness (QED) is 0.733. The van der Waals surface area contributed by atoms with E-state index in [-0.39, 0.29) is 22.6 Å². The number of fused-ring (bicyclic) bond motifs is 2. The zero-order chi connectivity index (χ0) is 18.9. The summed E-state index contributed by atoms with van der Waals surface area (Å²) in [4.78, 5) is 30.8. The van der Waals surface area contributed by atoms with Gasteiger partial charge in [0.2, 0.25) is 0 Å². The molecule has 6 heteroatoms. The number of likely N-dealkylation sites (tertiary alicyclic amines) is 1. The Bertz CT molecular complexity index is 1140. The lowest BCUT2D eigenvalue weighted by Crippen LogP contribution is -2.33. The lowest BCUT2D eigenvalue weighted by atomic mass is 9.95. The molecule has 2 N–H and O–H groups in total. The van der Waals surface area contributed by atoms with Crippen LogP contribution in [-0.2, 0) is 12.5 Å². The number of phenols is 1. The zero-order valence-electron chi connectivity index (χ0n) is 15.3. The number of carbonyl (C=O) groups is 1. The van der Waals surface area contributed by atoms with Crippen LogP contribution in [0.15, 0.2) is 41.5 Å². The van der Waals surface area contributed by atoms with E-state index in [1.54, 1.807) is 31.6 Å². The Balaban J connectivity index is 1.49. The number of H-pyrrole nitrogens is 1. The van der Waals surface area contributed by atoms with Crippen molar-refractivity contribution in [3.05, 3.63) is 63.7 Å². The summed E-state index contributed by atoms with van der Waals surface area (Å²) in [7, 11) is 1.71. The molecule has 0 bridgehead atoms. The molecular formula is C21H21N3O3. The number of aromatic hydroxyl groups is 1. The largest absolute Gasteiger partial charge is 0.508 e. The summed E-state index contributed by atoms with van der Waals surface area (Å²) in [6.45, 7) is 3.29.